The monoisotopic (exact) mass is 376 g/mol. The van der Waals surface area contributed by atoms with E-state index in [-0.39, 0.29) is 35.3 Å². The van der Waals surface area contributed by atoms with Gasteiger partial charge in [-0.1, -0.05) is 24.3 Å². The summed E-state index contributed by atoms with van der Waals surface area (Å²) in [5.41, 5.74) is 1.40. The van der Waals surface area contributed by atoms with E-state index in [0.29, 0.717) is 36.1 Å². The molecule has 0 unspecified atom stereocenters. The molecule has 1 amide bonds. The summed E-state index contributed by atoms with van der Waals surface area (Å²) in [5, 5.41) is 7.89. The molecule has 1 N–H and O–H groups in total. The Morgan fingerprint density at radius 1 is 1.04 bits per heavy atom. The third kappa shape index (κ3) is 2.74. The Bertz CT molecular complexity index is 1200. The number of aromatic amines is 1. The van der Waals surface area contributed by atoms with E-state index in [0.717, 1.165) is 12.1 Å². The van der Waals surface area contributed by atoms with Gasteiger partial charge >= 0.3 is 0 Å². The summed E-state index contributed by atoms with van der Waals surface area (Å²) in [6.45, 7) is 1.92. The fourth-order valence-corrected chi connectivity index (χ4v) is 4.66. The zero-order valence-corrected chi connectivity index (χ0v) is 15.3. The van der Waals surface area contributed by atoms with Crippen molar-refractivity contribution in [2.24, 2.45) is 5.92 Å². The normalized spacial score (nSPS) is 20.8. The topological polar surface area (TPSA) is 88.1 Å². The first-order chi connectivity index (χ1) is 13.6. The van der Waals surface area contributed by atoms with Gasteiger partial charge < -0.3 is 9.47 Å². The van der Waals surface area contributed by atoms with E-state index in [2.05, 4.69) is 10.2 Å². The first-order valence-electron chi connectivity index (χ1n) is 9.54. The summed E-state index contributed by atoms with van der Waals surface area (Å²) in [7, 11) is 0. The Morgan fingerprint density at radius 3 is 2.71 bits per heavy atom. The van der Waals surface area contributed by atoms with Crippen LogP contribution in [0.5, 0.6) is 0 Å². The third-order valence-electron chi connectivity index (χ3n) is 5.93. The minimum Gasteiger partial charge on any atom is -0.341 e. The molecule has 1 aromatic carbocycles. The molecular formula is C21H20N4O3. The summed E-state index contributed by atoms with van der Waals surface area (Å²) >= 11 is 0. The number of likely N-dealkylation sites (tertiary alicyclic amines) is 1. The number of nitrogens with one attached hydrogen (secondary N) is 1. The number of aromatic nitrogens is 3. The molecule has 3 aromatic rings. The van der Waals surface area contributed by atoms with Crippen LogP contribution in [0.25, 0.3) is 10.8 Å². The highest BCUT2D eigenvalue weighted by molar-refractivity contribution is 5.88. The second kappa shape index (κ2) is 6.44. The van der Waals surface area contributed by atoms with Crippen LogP contribution in [0.4, 0.5) is 0 Å². The molecule has 4 heterocycles. The fraction of sp³-hybridized carbons (Fsp3) is 0.333. The van der Waals surface area contributed by atoms with Crippen molar-refractivity contribution in [3.05, 3.63) is 74.6 Å². The fourth-order valence-electron chi connectivity index (χ4n) is 4.66. The highest BCUT2D eigenvalue weighted by Crippen LogP contribution is 2.35. The standard InChI is InChI=1S/C21H20N4O3/c26-19-7-3-6-18-14-8-13(11-25(18)19)10-24(12-14)20(27)9-17-15-4-1-2-5-16(15)21(28)23-22-17/h1-7,13-14H,8-12H2,(H,23,28)/t13-,14+/m0/s1. The molecule has 142 valence electrons. The first-order valence-corrected chi connectivity index (χ1v) is 9.54. The lowest BCUT2D eigenvalue weighted by atomic mass is 9.83. The van der Waals surface area contributed by atoms with Crippen molar-refractivity contribution in [3.8, 4) is 0 Å². The first kappa shape index (κ1) is 16.9. The van der Waals surface area contributed by atoms with Gasteiger partial charge in [0.2, 0.25) is 5.91 Å². The van der Waals surface area contributed by atoms with Gasteiger partial charge in [0.15, 0.2) is 0 Å². The van der Waals surface area contributed by atoms with Crippen LogP contribution in [-0.2, 0) is 17.8 Å². The van der Waals surface area contributed by atoms with Crippen LogP contribution in [-0.4, -0.2) is 38.7 Å². The van der Waals surface area contributed by atoms with Gasteiger partial charge in [-0.25, -0.2) is 5.10 Å². The quantitative estimate of drug-likeness (QED) is 0.730. The van der Waals surface area contributed by atoms with Crippen LogP contribution in [0.15, 0.2) is 52.1 Å². The van der Waals surface area contributed by atoms with E-state index < -0.39 is 0 Å². The number of pyridine rings is 1. The lowest BCUT2D eigenvalue weighted by molar-refractivity contribution is -0.133. The molecule has 2 bridgehead atoms. The molecule has 5 rings (SSSR count). The average Bonchev–Trinajstić information content (AvgIpc) is 2.71. The number of benzene rings is 1. The number of rotatable bonds is 2. The molecular weight excluding hydrogens is 356 g/mol. The largest absolute Gasteiger partial charge is 0.341 e. The number of carbonyl (C=O) groups is 1. The van der Waals surface area contributed by atoms with Gasteiger partial charge in [0.25, 0.3) is 11.1 Å². The van der Waals surface area contributed by atoms with E-state index in [1.54, 1.807) is 24.3 Å². The van der Waals surface area contributed by atoms with Crippen LogP contribution >= 0.6 is 0 Å². The summed E-state index contributed by atoms with van der Waals surface area (Å²) in [4.78, 5) is 39.0. The number of fused-ring (bicyclic) bond motifs is 5. The number of nitrogens with zero attached hydrogens (tertiary/aromatic N) is 3. The van der Waals surface area contributed by atoms with Gasteiger partial charge in [0.1, 0.15) is 0 Å². The van der Waals surface area contributed by atoms with E-state index in [9.17, 15) is 14.4 Å². The Balaban J connectivity index is 1.42. The van der Waals surface area contributed by atoms with E-state index in [1.807, 2.05) is 27.7 Å². The minimum atomic E-state index is -0.249. The van der Waals surface area contributed by atoms with Crippen molar-refractivity contribution in [3.63, 3.8) is 0 Å². The number of H-pyrrole nitrogens is 1. The molecule has 7 heteroatoms. The molecule has 2 atom stereocenters. The molecule has 0 radical (unpaired) electrons. The lowest BCUT2D eigenvalue weighted by Crippen LogP contribution is -2.49. The molecule has 0 aliphatic carbocycles. The van der Waals surface area contributed by atoms with Crippen molar-refractivity contribution < 1.29 is 4.79 Å². The van der Waals surface area contributed by atoms with Gasteiger partial charge in [0.05, 0.1) is 17.5 Å². The number of carbonyl (C=O) groups excluding carboxylic acids is 1. The number of piperidine rings is 1. The molecule has 1 fully saturated rings. The predicted octanol–water partition coefficient (Wildman–Crippen LogP) is 1.27. The van der Waals surface area contributed by atoms with Crippen LogP contribution in [0.3, 0.4) is 0 Å². The van der Waals surface area contributed by atoms with Crippen LogP contribution < -0.4 is 11.1 Å². The third-order valence-corrected chi connectivity index (χ3v) is 5.93. The number of hydrogen-bond donors (Lipinski definition) is 1. The predicted molar refractivity (Wildman–Crippen MR) is 104 cm³/mol. The molecule has 28 heavy (non-hydrogen) atoms. The van der Waals surface area contributed by atoms with Gasteiger partial charge in [-0.2, -0.15) is 5.10 Å². The molecule has 2 aliphatic heterocycles. The van der Waals surface area contributed by atoms with Gasteiger partial charge in [-0.3, -0.25) is 14.4 Å². The van der Waals surface area contributed by atoms with E-state index in [4.69, 9.17) is 0 Å². The maximum Gasteiger partial charge on any atom is 0.272 e. The van der Waals surface area contributed by atoms with Crippen LogP contribution in [0, 0.1) is 5.92 Å². The number of amides is 1. The zero-order chi connectivity index (χ0) is 19.3. The van der Waals surface area contributed by atoms with Gasteiger partial charge in [-0.05, 0) is 24.5 Å². The average molecular weight is 376 g/mol. The SMILES string of the molecule is O=C(Cc1n[nH]c(=O)c2ccccc12)N1C[C@@H]2C[C@H](C1)c1cccc(=O)n1C2. The molecule has 2 aromatic heterocycles. The van der Waals surface area contributed by atoms with Gasteiger partial charge in [0, 0.05) is 42.7 Å². The Morgan fingerprint density at radius 2 is 1.86 bits per heavy atom. The van der Waals surface area contributed by atoms with Gasteiger partial charge in [-0.15, -0.1) is 0 Å². The Hall–Kier alpha value is -3.22. The molecule has 7 nitrogen and oxygen atoms in total. The second-order valence-corrected chi connectivity index (χ2v) is 7.72. The lowest BCUT2D eigenvalue weighted by Gasteiger charge is -2.42. The van der Waals surface area contributed by atoms with Crippen molar-refractivity contribution in [1.82, 2.24) is 19.7 Å². The minimum absolute atomic E-state index is 0.00568. The highest BCUT2D eigenvalue weighted by Gasteiger charge is 2.36. The summed E-state index contributed by atoms with van der Waals surface area (Å²) < 4.78 is 1.86. The molecule has 1 saturated heterocycles. The summed E-state index contributed by atoms with van der Waals surface area (Å²) in [6.07, 6.45) is 1.16. The van der Waals surface area contributed by atoms with Crippen molar-refractivity contribution in [2.75, 3.05) is 13.1 Å². The van der Waals surface area contributed by atoms with Crippen molar-refractivity contribution in [2.45, 2.75) is 25.3 Å². The maximum absolute atomic E-state index is 13.0. The van der Waals surface area contributed by atoms with Crippen LogP contribution in [0.2, 0.25) is 0 Å². The van der Waals surface area contributed by atoms with Crippen molar-refractivity contribution in [1.29, 1.82) is 0 Å². The Kier molecular flexibility index (Phi) is 3.89. The molecule has 2 aliphatic rings. The summed E-state index contributed by atoms with van der Waals surface area (Å²) in [5.74, 6) is 0.479. The van der Waals surface area contributed by atoms with E-state index in [1.165, 1.54) is 0 Å². The molecule has 0 saturated carbocycles. The Labute approximate surface area is 160 Å². The highest BCUT2D eigenvalue weighted by atomic mass is 16.2. The van der Waals surface area contributed by atoms with E-state index >= 15 is 0 Å². The number of hydrogen-bond acceptors (Lipinski definition) is 4. The molecule has 0 spiro atoms. The van der Waals surface area contributed by atoms with Crippen LogP contribution in [0.1, 0.15) is 23.7 Å². The zero-order valence-electron chi connectivity index (χ0n) is 15.3. The second-order valence-electron chi connectivity index (χ2n) is 7.72. The van der Waals surface area contributed by atoms with Crippen molar-refractivity contribution >= 4 is 16.7 Å². The smallest absolute Gasteiger partial charge is 0.272 e. The maximum atomic E-state index is 13.0. The summed E-state index contributed by atoms with van der Waals surface area (Å²) in [6, 6.07) is 12.6.